The van der Waals surface area contributed by atoms with Crippen molar-refractivity contribution in [2.75, 3.05) is 32.0 Å². The third-order valence-electron chi connectivity index (χ3n) is 5.94. The molecule has 1 aliphatic rings. The van der Waals surface area contributed by atoms with E-state index >= 15 is 0 Å². The van der Waals surface area contributed by atoms with E-state index in [1.54, 1.807) is 68.0 Å². The minimum atomic E-state index is -0.667. The Balaban J connectivity index is 1.68. The summed E-state index contributed by atoms with van der Waals surface area (Å²) in [6.07, 6.45) is 6.59. The van der Waals surface area contributed by atoms with Crippen molar-refractivity contribution in [3.63, 3.8) is 0 Å². The van der Waals surface area contributed by atoms with Crippen molar-refractivity contribution in [1.82, 2.24) is 24.7 Å². The molecule has 1 unspecified atom stereocenters. The maximum atomic E-state index is 13.7. The molecule has 11 heteroatoms. The van der Waals surface area contributed by atoms with Crippen molar-refractivity contribution in [3.8, 4) is 28.6 Å². The number of rotatable bonds is 7. The van der Waals surface area contributed by atoms with Gasteiger partial charge in [-0.25, -0.2) is 4.68 Å². The molecule has 2 N–H and O–H groups in total. The van der Waals surface area contributed by atoms with Crippen LogP contribution in [0.2, 0.25) is 0 Å². The van der Waals surface area contributed by atoms with Crippen LogP contribution in [0.3, 0.4) is 0 Å². The van der Waals surface area contributed by atoms with Gasteiger partial charge in [0.1, 0.15) is 6.04 Å². The zero-order chi connectivity index (χ0) is 25.9. The number of benzene rings is 1. The number of methoxy groups -OCH3 is 3. The highest BCUT2D eigenvalue weighted by molar-refractivity contribution is 6.06. The van der Waals surface area contributed by atoms with E-state index in [0.29, 0.717) is 51.5 Å². The Morgan fingerprint density at radius 1 is 1.00 bits per heavy atom. The van der Waals surface area contributed by atoms with Crippen LogP contribution in [0.15, 0.2) is 72.5 Å². The Morgan fingerprint density at radius 3 is 2.30 bits per heavy atom. The second kappa shape index (κ2) is 9.97. The maximum absolute atomic E-state index is 13.7. The van der Waals surface area contributed by atoms with E-state index in [2.05, 4.69) is 25.6 Å². The first-order valence-electron chi connectivity index (χ1n) is 11.4. The molecule has 37 heavy (non-hydrogen) atoms. The average Bonchev–Trinajstić information content (AvgIpc) is 3.36. The molecule has 1 amide bonds. The standard InChI is InChI=1S/C26H25N7O4/c1-15-21(25(34)30-18-8-6-10-28-14-18)22(17-11-19(35-2)23(37-4)20(12-17)36-3)33-26(29-15)31-24(32-33)16-7-5-9-27-13-16/h5-14,22H,1-4H3,(H,30,34)(H,29,31,32). The number of fused-ring (bicyclic) bond motifs is 1. The number of carbonyl (C=O) groups is 1. The lowest BCUT2D eigenvalue weighted by atomic mass is 9.94. The van der Waals surface area contributed by atoms with Gasteiger partial charge in [0.05, 0.1) is 38.8 Å². The Hall–Kier alpha value is -4.93. The summed E-state index contributed by atoms with van der Waals surface area (Å²) in [5, 5.41) is 10.9. The molecule has 3 aromatic heterocycles. The number of hydrogen-bond acceptors (Lipinski definition) is 9. The SMILES string of the molecule is COc1cc(C2C(C(=O)Nc3cccnc3)=C(C)Nc3nc(-c4cccnc4)nn32)cc(OC)c1OC. The second-order valence-electron chi connectivity index (χ2n) is 8.17. The van der Waals surface area contributed by atoms with Crippen LogP contribution >= 0.6 is 0 Å². The van der Waals surface area contributed by atoms with Gasteiger partial charge in [0.25, 0.3) is 5.91 Å². The largest absolute Gasteiger partial charge is 0.493 e. The molecule has 4 aromatic rings. The fraction of sp³-hybridized carbons (Fsp3) is 0.192. The second-order valence-corrected chi connectivity index (χ2v) is 8.17. The summed E-state index contributed by atoms with van der Waals surface area (Å²) < 4.78 is 18.4. The molecule has 4 heterocycles. The van der Waals surface area contributed by atoms with Gasteiger partial charge >= 0.3 is 0 Å². The van der Waals surface area contributed by atoms with Crippen LogP contribution in [0.25, 0.3) is 11.4 Å². The summed E-state index contributed by atoms with van der Waals surface area (Å²) in [4.78, 5) is 26.6. The molecule has 0 saturated carbocycles. The predicted octanol–water partition coefficient (Wildman–Crippen LogP) is 3.69. The van der Waals surface area contributed by atoms with Gasteiger partial charge in [-0.3, -0.25) is 14.8 Å². The highest BCUT2D eigenvalue weighted by atomic mass is 16.5. The number of hydrogen-bond donors (Lipinski definition) is 2. The molecule has 0 saturated heterocycles. The van der Waals surface area contributed by atoms with Crippen LogP contribution in [0.1, 0.15) is 18.5 Å². The molecule has 0 radical (unpaired) electrons. The van der Waals surface area contributed by atoms with Crippen LogP contribution in [-0.4, -0.2) is 52.0 Å². The summed E-state index contributed by atoms with van der Waals surface area (Å²) in [6.45, 7) is 1.82. The summed E-state index contributed by atoms with van der Waals surface area (Å²) in [5.74, 6) is 1.98. The molecule has 0 aliphatic carbocycles. The van der Waals surface area contributed by atoms with Crippen LogP contribution in [0, 0.1) is 0 Å². The lowest BCUT2D eigenvalue weighted by Crippen LogP contribution is -2.31. The number of pyridine rings is 2. The van der Waals surface area contributed by atoms with Crippen molar-refractivity contribution in [3.05, 3.63) is 78.0 Å². The lowest BCUT2D eigenvalue weighted by molar-refractivity contribution is -0.113. The van der Waals surface area contributed by atoms with Crippen molar-refractivity contribution in [2.24, 2.45) is 0 Å². The molecule has 188 valence electrons. The lowest BCUT2D eigenvalue weighted by Gasteiger charge is -2.29. The quantitative estimate of drug-likeness (QED) is 0.392. The van der Waals surface area contributed by atoms with Gasteiger partial charge in [-0.2, -0.15) is 4.98 Å². The Bertz CT molecular complexity index is 1440. The van der Waals surface area contributed by atoms with Gasteiger partial charge in [0.15, 0.2) is 17.3 Å². The van der Waals surface area contributed by atoms with Crippen LogP contribution in [-0.2, 0) is 4.79 Å². The Morgan fingerprint density at radius 2 is 1.70 bits per heavy atom. The number of ether oxygens (including phenoxy) is 3. The summed E-state index contributed by atoms with van der Waals surface area (Å²) >= 11 is 0. The van der Waals surface area contributed by atoms with E-state index in [9.17, 15) is 4.79 Å². The molecule has 1 aromatic carbocycles. The first-order chi connectivity index (χ1) is 18.0. The fourth-order valence-electron chi connectivity index (χ4n) is 4.26. The molecule has 0 bridgehead atoms. The summed E-state index contributed by atoms with van der Waals surface area (Å²) in [6, 6.07) is 10.2. The first kappa shape index (κ1) is 23.8. The molecular weight excluding hydrogens is 474 g/mol. The van der Waals surface area contributed by atoms with Crippen LogP contribution in [0.4, 0.5) is 11.6 Å². The van der Waals surface area contributed by atoms with Crippen molar-refractivity contribution in [2.45, 2.75) is 13.0 Å². The minimum absolute atomic E-state index is 0.319. The topological polar surface area (TPSA) is 125 Å². The van der Waals surface area contributed by atoms with Crippen molar-refractivity contribution in [1.29, 1.82) is 0 Å². The van der Waals surface area contributed by atoms with Crippen molar-refractivity contribution >= 4 is 17.5 Å². The summed E-state index contributed by atoms with van der Waals surface area (Å²) in [7, 11) is 4.63. The molecule has 5 rings (SSSR count). The van der Waals surface area contributed by atoms with Gasteiger partial charge in [-0.1, -0.05) is 0 Å². The fourth-order valence-corrected chi connectivity index (χ4v) is 4.26. The monoisotopic (exact) mass is 499 g/mol. The molecule has 0 spiro atoms. The highest BCUT2D eigenvalue weighted by Crippen LogP contribution is 2.44. The van der Waals surface area contributed by atoms with E-state index < -0.39 is 6.04 Å². The smallest absolute Gasteiger partial charge is 0.255 e. The molecular formula is C26H25N7O4. The first-order valence-corrected chi connectivity index (χ1v) is 11.4. The van der Waals surface area contributed by atoms with E-state index in [1.165, 1.54) is 7.11 Å². The number of anilines is 2. The normalized spacial score (nSPS) is 14.4. The molecule has 0 fully saturated rings. The van der Waals surface area contributed by atoms with E-state index in [-0.39, 0.29) is 5.91 Å². The molecule has 1 aliphatic heterocycles. The zero-order valence-corrected chi connectivity index (χ0v) is 20.7. The van der Waals surface area contributed by atoms with E-state index in [0.717, 1.165) is 5.56 Å². The molecule has 11 nitrogen and oxygen atoms in total. The summed E-state index contributed by atoms with van der Waals surface area (Å²) in [5.41, 5.74) is 3.06. The number of carbonyl (C=O) groups excluding carboxylic acids is 1. The van der Waals surface area contributed by atoms with Crippen LogP contribution < -0.4 is 24.8 Å². The van der Waals surface area contributed by atoms with Gasteiger partial charge in [-0.05, 0) is 48.9 Å². The van der Waals surface area contributed by atoms with E-state index in [1.807, 2.05) is 19.1 Å². The minimum Gasteiger partial charge on any atom is -0.493 e. The van der Waals surface area contributed by atoms with E-state index in [4.69, 9.17) is 19.3 Å². The number of amides is 1. The number of nitrogens with one attached hydrogen (secondary N) is 2. The third-order valence-corrected chi connectivity index (χ3v) is 5.94. The number of aromatic nitrogens is 5. The predicted molar refractivity (Wildman–Crippen MR) is 137 cm³/mol. The van der Waals surface area contributed by atoms with Crippen LogP contribution in [0.5, 0.6) is 17.2 Å². The maximum Gasteiger partial charge on any atom is 0.255 e. The van der Waals surface area contributed by atoms with Gasteiger partial charge in [0, 0.05) is 29.9 Å². The highest BCUT2D eigenvalue weighted by Gasteiger charge is 2.36. The Kier molecular flexibility index (Phi) is 6.42. The number of allylic oxidation sites excluding steroid dienone is 1. The Labute approximate surface area is 213 Å². The number of nitrogens with zero attached hydrogens (tertiary/aromatic N) is 5. The zero-order valence-electron chi connectivity index (χ0n) is 20.7. The average molecular weight is 500 g/mol. The van der Waals surface area contributed by atoms with Crippen molar-refractivity contribution < 1.29 is 19.0 Å². The van der Waals surface area contributed by atoms with Gasteiger partial charge in [0.2, 0.25) is 11.7 Å². The third kappa shape index (κ3) is 4.42. The molecule has 1 atom stereocenters. The van der Waals surface area contributed by atoms with Gasteiger partial charge < -0.3 is 24.8 Å². The van der Waals surface area contributed by atoms with Gasteiger partial charge in [-0.15, -0.1) is 5.10 Å².